The van der Waals surface area contributed by atoms with Crippen LogP contribution in [0.15, 0.2) is 30.5 Å². The fourth-order valence-corrected chi connectivity index (χ4v) is 2.66. The van der Waals surface area contributed by atoms with Crippen molar-refractivity contribution in [3.05, 3.63) is 41.6 Å². The van der Waals surface area contributed by atoms with Gasteiger partial charge in [0.25, 0.3) is 0 Å². The second kappa shape index (κ2) is 3.98. The van der Waals surface area contributed by atoms with Gasteiger partial charge < -0.3 is 10.5 Å². The van der Waals surface area contributed by atoms with Crippen molar-refractivity contribution in [1.82, 2.24) is 4.98 Å². The van der Waals surface area contributed by atoms with Crippen LogP contribution >= 0.6 is 0 Å². The molecule has 0 fully saturated rings. The number of aromatic nitrogens is 1. The molecule has 1 aromatic heterocycles. The van der Waals surface area contributed by atoms with Gasteiger partial charge >= 0.3 is 0 Å². The number of fused-ring (bicyclic) bond motifs is 1. The van der Waals surface area contributed by atoms with Crippen molar-refractivity contribution >= 4 is 5.82 Å². The number of hydrogen-bond donors (Lipinski definition) is 1. The van der Waals surface area contributed by atoms with Crippen molar-refractivity contribution < 1.29 is 4.74 Å². The minimum atomic E-state index is -0.102. The Bertz CT molecular complexity index is 647. The molecule has 0 amide bonds. The highest BCUT2D eigenvalue weighted by atomic mass is 16.5. The van der Waals surface area contributed by atoms with Crippen LogP contribution in [0.25, 0.3) is 11.1 Å². The molecule has 0 unspecified atom stereocenters. The summed E-state index contributed by atoms with van der Waals surface area (Å²) in [5, 5.41) is 0. The Kier molecular flexibility index (Phi) is 2.52. The average molecular weight is 254 g/mol. The van der Waals surface area contributed by atoms with E-state index in [1.807, 2.05) is 12.3 Å². The van der Waals surface area contributed by atoms with Gasteiger partial charge in [0.1, 0.15) is 17.2 Å². The van der Waals surface area contributed by atoms with E-state index in [1.165, 1.54) is 11.1 Å². The number of nitrogen functional groups attached to an aromatic ring is 1. The number of hydrogen-bond acceptors (Lipinski definition) is 3. The molecule has 1 aliphatic rings. The minimum Gasteiger partial charge on any atom is -0.487 e. The van der Waals surface area contributed by atoms with E-state index < -0.39 is 0 Å². The van der Waals surface area contributed by atoms with Crippen LogP contribution < -0.4 is 10.5 Å². The smallest absolute Gasteiger partial charge is 0.123 e. The first-order chi connectivity index (χ1) is 8.94. The maximum absolute atomic E-state index is 5.90. The Morgan fingerprint density at radius 3 is 2.79 bits per heavy atom. The molecule has 0 spiro atoms. The summed E-state index contributed by atoms with van der Waals surface area (Å²) in [7, 11) is 0. The Labute approximate surface area is 113 Å². The lowest BCUT2D eigenvalue weighted by molar-refractivity contribution is 0.138. The van der Waals surface area contributed by atoms with Gasteiger partial charge in [0.05, 0.1) is 0 Å². The van der Waals surface area contributed by atoms with Crippen molar-refractivity contribution in [2.24, 2.45) is 0 Å². The van der Waals surface area contributed by atoms with Gasteiger partial charge in [0.2, 0.25) is 0 Å². The molecule has 2 heterocycles. The van der Waals surface area contributed by atoms with Crippen LogP contribution in [-0.2, 0) is 6.42 Å². The topological polar surface area (TPSA) is 48.1 Å². The molecule has 0 bridgehead atoms. The maximum atomic E-state index is 5.90. The van der Waals surface area contributed by atoms with E-state index in [9.17, 15) is 0 Å². The Balaban J connectivity index is 2.04. The van der Waals surface area contributed by atoms with Crippen molar-refractivity contribution in [2.45, 2.75) is 32.8 Å². The molecule has 1 aromatic carbocycles. The Morgan fingerprint density at radius 2 is 2.05 bits per heavy atom. The van der Waals surface area contributed by atoms with Crippen LogP contribution in [-0.4, -0.2) is 10.6 Å². The van der Waals surface area contributed by atoms with Crippen molar-refractivity contribution in [2.75, 3.05) is 5.73 Å². The summed E-state index contributed by atoms with van der Waals surface area (Å²) in [6, 6.07) is 8.24. The number of rotatable bonds is 1. The molecule has 0 atom stereocenters. The zero-order chi connectivity index (χ0) is 13.6. The van der Waals surface area contributed by atoms with Gasteiger partial charge in [-0.2, -0.15) is 0 Å². The van der Waals surface area contributed by atoms with Gasteiger partial charge in [0, 0.05) is 18.2 Å². The normalized spacial score (nSPS) is 15.9. The highest BCUT2D eigenvalue weighted by Gasteiger charge is 2.30. The lowest BCUT2D eigenvalue weighted by Crippen LogP contribution is -2.24. The van der Waals surface area contributed by atoms with Crippen LogP contribution in [0.3, 0.4) is 0 Å². The van der Waals surface area contributed by atoms with Gasteiger partial charge in [0.15, 0.2) is 0 Å². The molecule has 3 rings (SSSR count). The third kappa shape index (κ3) is 2.16. The fraction of sp³-hybridized carbons (Fsp3) is 0.312. The van der Waals surface area contributed by atoms with E-state index in [1.54, 1.807) is 0 Å². The third-order valence-electron chi connectivity index (χ3n) is 3.51. The second-order valence-electron chi connectivity index (χ2n) is 5.79. The fourth-order valence-electron chi connectivity index (χ4n) is 2.66. The first-order valence-electron chi connectivity index (χ1n) is 6.49. The molecular formula is C16H18N2O. The molecule has 2 aromatic rings. The average Bonchev–Trinajstić information content (AvgIpc) is 2.61. The summed E-state index contributed by atoms with van der Waals surface area (Å²) in [5.74, 6) is 1.56. The van der Waals surface area contributed by atoms with Crippen molar-refractivity contribution in [3.63, 3.8) is 0 Å². The number of ether oxygens (including phenoxy) is 1. The van der Waals surface area contributed by atoms with E-state index in [-0.39, 0.29) is 5.60 Å². The summed E-state index contributed by atoms with van der Waals surface area (Å²) < 4.78 is 5.90. The zero-order valence-electron chi connectivity index (χ0n) is 11.5. The molecular weight excluding hydrogens is 236 g/mol. The molecule has 1 aliphatic heterocycles. The number of aryl methyl sites for hydroxylation is 1. The van der Waals surface area contributed by atoms with E-state index in [2.05, 4.69) is 44.0 Å². The number of pyridine rings is 1. The molecule has 3 nitrogen and oxygen atoms in total. The van der Waals surface area contributed by atoms with E-state index in [4.69, 9.17) is 10.5 Å². The van der Waals surface area contributed by atoms with E-state index in [0.29, 0.717) is 5.82 Å². The maximum Gasteiger partial charge on any atom is 0.123 e. The van der Waals surface area contributed by atoms with Gasteiger partial charge in [-0.3, -0.25) is 0 Å². The Hall–Kier alpha value is -2.03. The molecule has 3 heteroatoms. The summed E-state index contributed by atoms with van der Waals surface area (Å²) in [4.78, 5) is 4.19. The highest BCUT2D eigenvalue weighted by Crippen LogP contribution is 2.37. The lowest BCUT2D eigenvalue weighted by Gasteiger charge is -2.16. The van der Waals surface area contributed by atoms with Crippen LogP contribution in [0.5, 0.6) is 5.75 Å². The van der Waals surface area contributed by atoms with Crippen LogP contribution in [0.2, 0.25) is 0 Å². The summed E-state index contributed by atoms with van der Waals surface area (Å²) in [6.07, 6.45) is 2.78. The SMILES string of the molecule is Cc1cc(N)ncc1-c1ccc2c(c1)CC(C)(C)O2. The highest BCUT2D eigenvalue weighted by molar-refractivity contribution is 5.69. The van der Waals surface area contributed by atoms with Gasteiger partial charge in [-0.1, -0.05) is 6.07 Å². The molecule has 0 saturated carbocycles. The zero-order valence-corrected chi connectivity index (χ0v) is 11.5. The number of nitrogens with zero attached hydrogens (tertiary/aromatic N) is 1. The van der Waals surface area contributed by atoms with Crippen LogP contribution in [0.4, 0.5) is 5.82 Å². The largest absolute Gasteiger partial charge is 0.487 e. The van der Waals surface area contributed by atoms with Crippen LogP contribution in [0.1, 0.15) is 25.0 Å². The number of nitrogens with two attached hydrogens (primary N) is 1. The molecule has 0 saturated heterocycles. The van der Waals surface area contributed by atoms with Crippen molar-refractivity contribution in [3.8, 4) is 16.9 Å². The molecule has 98 valence electrons. The summed E-state index contributed by atoms with van der Waals surface area (Å²) in [6.45, 7) is 6.28. The molecule has 19 heavy (non-hydrogen) atoms. The third-order valence-corrected chi connectivity index (χ3v) is 3.51. The predicted octanol–water partition coefficient (Wildman–Crippen LogP) is 3.35. The standard InChI is InChI=1S/C16H18N2O/c1-10-6-15(17)18-9-13(10)11-4-5-14-12(7-11)8-16(2,3)19-14/h4-7,9H,8H2,1-3H3,(H2,17,18). The van der Waals surface area contributed by atoms with E-state index in [0.717, 1.165) is 23.3 Å². The van der Waals surface area contributed by atoms with Gasteiger partial charge in [-0.15, -0.1) is 0 Å². The lowest BCUT2D eigenvalue weighted by atomic mass is 9.96. The molecule has 2 N–H and O–H groups in total. The summed E-state index contributed by atoms with van der Waals surface area (Å²) in [5.41, 5.74) is 10.3. The predicted molar refractivity (Wildman–Crippen MR) is 77.2 cm³/mol. The van der Waals surface area contributed by atoms with E-state index >= 15 is 0 Å². The number of benzene rings is 1. The Morgan fingerprint density at radius 1 is 1.26 bits per heavy atom. The van der Waals surface area contributed by atoms with Gasteiger partial charge in [-0.25, -0.2) is 4.98 Å². The monoisotopic (exact) mass is 254 g/mol. The second-order valence-corrected chi connectivity index (χ2v) is 5.79. The quantitative estimate of drug-likeness (QED) is 0.849. The van der Waals surface area contributed by atoms with Crippen LogP contribution in [0, 0.1) is 6.92 Å². The van der Waals surface area contributed by atoms with Crippen molar-refractivity contribution in [1.29, 1.82) is 0 Å². The molecule has 0 aliphatic carbocycles. The number of anilines is 1. The summed E-state index contributed by atoms with van der Waals surface area (Å²) >= 11 is 0. The molecule has 0 radical (unpaired) electrons. The first-order valence-corrected chi connectivity index (χ1v) is 6.49. The first kappa shape index (κ1) is 12.0. The minimum absolute atomic E-state index is 0.102. The van der Waals surface area contributed by atoms with Gasteiger partial charge in [-0.05, 0) is 55.7 Å².